The molecule has 2 atom stereocenters. The summed E-state index contributed by atoms with van der Waals surface area (Å²) in [5.41, 5.74) is 3.32. The van der Waals surface area contributed by atoms with Gasteiger partial charge in [-0.2, -0.15) is 0 Å². The lowest BCUT2D eigenvalue weighted by Gasteiger charge is -2.37. The molecule has 37 heavy (non-hydrogen) atoms. The van der Waals surface area contributed by atoms with E-state index in [1.807, 2.05) is 42.5 Å². The SMILES string of the molecule is CCOC(=O)C[C@@H](c1cccc(-c2c(F)cccc2F)c1)N(Cc1ccccc1)[C@H](C)c1ccccc1. The Balaban J connectivity index is 1.82. The molecule has 4 aromatic carbocycles. The van der Waals surface area contributed by atoms with Gasteiger partial charge in [-0.1, -0.05) is 84.9 Å². The molecule has 0 fully saturated rings. The molecule has 0 aliphatic rings. The van der Waals surface area contributed by atoms with Crippen LogP contribution in [0.4, 0.5) is 8.78 Å². The molecule has 0 aliphatic heterocycles. The van der Waals surface area contributed by atoms with E-state index in [9.17, 15) is 13.6 Å². The van der Waals surface area contributed by atoms with Gasteiger partial charge in [0.2, 0.25) is 0 Å². The van der Waals surface area contributed by atoms with Crippen LogP contribution < -0.4 is 0 Å². The number of halogens is 2. The van der Waals surface area contributed by atoms with Gasteiger partial charge in [0, 0.05) is 18.6 Å². The third-order valence-electron chi connectivity index (χ3n) is 6.58. The van der Waals surface area contributed by atoms with Crippen molar-refractivity contribution in [2.24, 2.45) is 0 Å². The molecule has 3 nitrogen and oxygen atoms in total. The van der Waals surface area contributed by atoms with Gasteiger partial charge < -0.3 is 4.74 Å². The number of carbonyl (C=O) groups is 1. The van der Waals surface area contributed by atoms with E-state index in [2.05, 4.69) is 36.1 Å². The second-order valence-corrected chi connectivity index (χ2v) is 8.99. The number of rotatable bonds is 10. The van der Waals surface area contributed by atoms with Crippen molar-refractivity contribution in [2.45, 2.75) is 38.9 Å². The first-order valence-corrected chi connectivity index (χ1v) is 12.5. The van der Waals surface area contributed by atoms with Crippen LogP contribution >= 0.6 is 0 Å². The molecule has 0 spiro atoms. The molecule has 0 bridgehead atoms. The van der Waals surface area contributed by atoms with Crippen molar-refractivity contribution in [1.82, 2.24) is 4.90 Å². The Morgan fingerprint density at radius 3 is 2.05 bits per heavy atom. The Morgan fingerprint density at radius 1 is 0.811 bits per heavy atom. The van der Waals surface area contributed by atoms with E-state index in [1.54, 1.807) is 25.1 Å². The highest BCUT2D eigenvalue weighted by Crippen LogP contribution is 2.37. The lowest BCUT2D eigenvalue weighted by molar-refractivity contribution is -0.145. The predicted octanol–water partition coefficient (Wildman–Crippen LogP) is 7.89. The monoisotopic (exact) mass is 499 g/mol. The quantitative estimate of drug-likeness (QED) is 0.208. The van der Waals surface area contributed by atoms with Crippen molar-refractivity contribution >= 4 is 5.97 Å². The van der Waals surface area contributed by atoms with Crippen LogP contribution in [0.2, 0.25) is 0 Å². The fourth-order valence-electron chi connectivity index (χ4n) is 4.71. The standard InChI is InChI=1S/C32H31F2NO2/c1-3-37-31(36)21-30(26-16-10-17-27(20-26)32-28(33)18-11-19-29(32)34)35(22-24-12-6-4-7-13-24)23(2)25-14-8-5-9-15-25/h4-20,23,30H,3,21-22H2,1-2H3/t23-,30+/m1/s1. The molecule has 0 heterocycles. The lowest BCUT2D eigenvalue weighted by Crippen LogP contribution is -2.33. The number of nitrogens with zero attached hydrogens (tertiary/aromatic N) is 1. The molecule has 0 aliphatic carbocycles. The number of hydrogen-bond donors (Lipinski definition) is 0. The first kappa shape index (κ1) is 26.2. The van der Waals surface area contributed by atoms with Crippen molar-refractivity contribution in [3.05, 3.63) is 131 Å². The molecule has 4 aromatic rings. The highest BCUT2D eigenvalue weighted by Gasteiger charge is 2.29. The van der Waals surface area contributed by atoms with E-state index >= 15 is 0 Å². The molecule has 0 unspecified atom stereocenters. The van der Waals surface area contributed by atoms with E-state index in [0.29, 0.717) is 12.1 Å². The van der Waals surface area contributed by atoms with Crippen molar-refractivity contribution in [1.29, 1.82) is 0 Å². The van der Waals surface area contributed by atoms with E-state index in [0.717, 1.165) is 16.7 Å². The maximum atomic E-state index is 14.7. The summed E-state index contributed by atoms with van der Waals surface area (Å²) in [6.45, 7) is 4.73. The summed E-state index contributed by atoms with van der Waals surface area (Å²) in [4.78, 5) is 15.1. The molecular formula is C32H31F2NO2. The van der Waals surface area contributed by atoms with E-state index < -0.39 is 17.7 Å². The van der Waals surface area contributed by atoms with Gasteiger partial charge in [-0.3, -0.25) is 9.69 Å². The molecule has 0 radical (unpaired) electrons. The molecule has 0 aromatic heterocycles. The van der Waals surface area contributed by atoms with Gasteiger partial charge in [0.15, 0.2) is 0 Å². The van der Waals surface area contributed by atoms with Crippen LogP contribution in [0, 0.1) is 11.6 Å². The van der Waals surface area contributed by atoms with Gasteiger partial charge in [0.05, 0.1) is 18.6 Å². The lowest BCUT2D eigenvalue weighted by atomic mass is 9.93. The zero-order valence-electron chi connectivity index (χ0n) is 21.1. The topological polar surface area (TPSA) is 29.5 Å². The average molecular weight is 500 g/mol. The molecule has 5 heteroatoms. The summed E-state index contributed by atoms with van der Waals surface area (Å²) in [5.74, 6) is -1.58. The highest BCUT2D eigenvalue weighted by molar-refractivity contribution is 5.71. The second kappa shape index (κ2) is 12.4. The number of ether oxygens (including phenoxy) is 1. The van der Waals surface area contributed by atoms with Crippen molar-refractivity contribution in [2.75, 3.05) is 6.61 Å². The first-order valence-electron chi connectivity index (χ1n) is 12.5. The summed E-state index contributed by atoms with van der Waals surface area (Å²) >= 11 is 0. The minimum absolute atomic E-state index is 0.0605. The third-order valence-corrected chi connectivity index (χ3v) is 6.58. The van der Waals surface area contributed by atoms with Crippen LogP contribution in [0.5, 0.6) is 0 Å². The van der Waals surface area contributed by atoms with Crippen molar-refractivity contribution < 1.29 is 18.3 Å². The zero-order chi connectivity index (χ0) is 26.2. The largest absolute Gasteiger partial charge is 0.466 e. The highest BCUT2D eigenvalue weighted by atomic mass is 19.1. The zero-order valence-corrected chi connectivity index (χ0v) is 21.1. The van der Waals surface area contributed by atoms with Crippen molar-refractivity contribution in [3.63, 3.8) is 0 Å². The van der Waals surface area contributed by atoms with Crippen molar-refractivity contribution in [3.8, 4) is 11.1 Å². The normalized spacial score (nSPS) is 12.8. The summed E-state index contributed by atoms with van der Waals surface area (Å²) < 4.78 is 34.6. The minimum Gasteiger partial charge on any atom is -0.466 e. The molecular weight excluding hydrogens is 468 g/mol. The van der Waals surface area contributed by atoms with Gasteiger partial charge in [0.1, 0.15) is 11.6 Å². The van der Waals surface area contributed by atoms with Crippen LogP contribution in [0.15, 0.2) is 103 Å². The van der Waals surface area contributed by atoms with Gasteiger partial charge in [-0.05, 0) is 54.3 Å². The molecule has 4 rings (SSSR count). The van der Waals surface area contributed by atoms with Crippen LogP contribution in [0.1, 0.15) is 49.0 Å². The van der Waals surface area contributed by atoms with Crippen LogP contribution in [0.3, 0.4) is 0 Å². The maximum absolute atomic E-state index is 14.7. The Hall–Kier alpha value is -3.83. The van der Waals surface area contributed by atoms with Gasteiger partial charge in [0.25, 0.3) is 0 Å². The summed E-state index contributed by atoms with van der Waals surface area (Å²) in [7, 11) is 0. The van der Waals surface area contributed by atoms with E-state index in [1.165, 1.54) is 18.2 Å². The number of esters is 1. The summed E-state index contributed by atoms with van der Waals surface area (Å²) in [5, 5.41) is 0. The van der Waals surface area contributed by atoms with Crippen LogP contribution in [0.25, 0.3) is 11.1 Å². The second-order valence-electron chi connectivity index (χ2n) is 8.99. The number of benzene rings is 4. The Morgan fingerprint density at radius 2 is 1.41 bits per heavy atom. The molecule has 0 saturated heterocycles. The van der Waals surface area contributed by atoms with Gasteiger partial charge in [-0.15, -0.1) is 0 Å². The van der Waals surface area contributed by atoms with Crippen LogP contribution in [-0.2, 0) is 16.1 Å². The average Bonchev–Trinajstić information content (AvgIpc) is 2.91. The maximum Gasteiger partial charge on any atom is 0.307 e. The Labute approximate surface area is 217 Å². The molecule has 0 amide bonds. The van der Waals surface area contributed by atoms with Crippen LogP contribution in [-0.4, -0.2) is 17.5 Å². The van der Waals surface area contributed by atoms with Gasteiger partial charge in [-0.25, -0.2) is 8.78 Å². The summed E-state index contributed by atoms with van der Waals surface area (Å²) in [6.07, 6.45) is 0.0983. The van der Waals surface area contributed by atoms with E-state index in [-0.39, 0.29) is 30.6 Å². The molecule has 0 saturated carbocycles. The first-order chi connectivity index (χ1) is 18.0. The fraction of sp³-hybridized carbons (Fsp3) is 0.219. The smallest absolute Gasteiger partial charge is 0.307 e. The van der Waals surface area contributed by atoms with E-state index in [4.69, 9.17) is 4.74 Å². The number of carbonyl (C=O) groups excluding carboxylic acids is 1. The fourth-order valence-corrected chi connectivity index (χ4v) is 4.71. The Kier molecular flexibility index (Phi) is 8.81. The molecule has 0 N–H and O–H groups in total. The predicted molar refractivity (Wildman–Crippen MR) is 143 cm³/mol. The minimum atomic E-state index is -0.627. The summed E-state index contributed by atoms with van der Waals surface area (Å²) in [6, 6.07) is 30.7. The molecule has 190 valence electrons. The van der Waals surface area contributed by atoms with Gasteiger partial charge >= 0.3 is 5.97 Å². The Bertz CT molecular complexity index is 1290. The number of hydrogen-bond acceptors (Lipinski definition) is 3. The third kappa shape index (κ3) is 6.49.